The van der Waals surface area contributed by atoms with Crippen LogP contribution >= 0.6 is 0 Å². The zero-order valence-electron chi connectivity index (χ0n) is 49.4. The molecule has 0 aliphatic rings. The largest absolute Gasteiger partial charge is 0.331 e. The van der Waals surface area contributed by atoms with Crippen LogP contribution in [0.15, 0.2) is 182 Å². The number of imidazole rings is 5. The number of pyridine rings is 1. The van der Waals surface area contributed by atoms with E-state index < -0.39 is 60.4 Å². The molecule has 0 amide bonds. The van der Waals surface area contributed by atoms with Crippen molar-refractivity contribution < 1.29 is 39.3 Å². The molecule has 14 rings (SSSR count). The van der Waals surface area contributed by atoms with E-state index >= 15 is 0 Å². The summed E-state index contributed by atoms with van der Waals surface area (Å²) in [7, 11) is 0. The summed E-state index contributed by atoms with van der Waals surface area (Å²) in [6.07, 6.45) is 5.35. The molecule has 6 heterocycles. The number of benzene rings is 8. The van der Waals surface area contributed by atoms with Crippen LogP contribution in [0.4, 0.5) is 0 Å². The summed E-state index contributed by atoms with van der Waals surface area (Å²) in [6.45, 7) is 10.6. The van der Waals surface area contributed by atoms with Gasteiger partial charge in [0, 0.05) is 27.3 Å². The number of aromatic nitrogens is 9. The molecule has 0 radical (unpaired) electrons. The van der Waals surface area contributed by atoms with Crippen molar-refractivity contribution in [3.05, 3.63) is 217 Å². The maximum Gasteiger partial charge on any atom is 0.268 e. The van der Waals surface area contributed by atoms with Gasteiger partial charge in [-0.2, -0.15) is 18.2 Å². The quantitative estimate of drug-likeness (QED) is 0.123. The fourth-order valence-electron chi connectivity index (χ4n) is 10.1. The Morgan fingerprint density at radius 3 is 1.75 bits per heavy atom. The third kappa shape index (κ3) is 6.50. The van der Waals surface area contributed by atoms with E-state index in [0.717, 1.165) is 55.3 Å². The third-order valence-corrected chi connectivity index (χ3v) is 13.5. The van der Waals surface area contributed by atoms with Gasteiger partial charge in [-0.25, -0.2) is 15.0 Å². The van der Waals surface area contributed by atoms with Gasteiger partial charge in [0.25, 0.3) is 6.33 Å². The van der Waals surface area contributed by atoms with E-state index in [1.54, 1.807) is 27.3 Å². The standard InChI is InChI=1S/C62H45N9.Pt/c1-39-18-14-30-50-57(39)64-60-68(52-36-55-54(37-53(52)69(50)60)70-51-31-15-19-40(2)58(51)65-61(70)71(55)56-34-43(32-33-63-56)62(3,4)5)45-25-16-24-44(35-45)66-38-67(49-29-13-12-28-48(49)66)59-46(41-20-8-6-9-21-41)26-17-27-47(59)42-22-10-7-11-23-42;/h6-34,37H,1-5H3;/q-2;/i6D,7D,8D,9D,10D,11D,20D,21D,22D,23D;. The zero-order valence-corrected chi connectivity index (χ0v) is 41.7. The van der Waals surface area contributed by atoms with Crippen molar-refractivity contribution >= 4 is 66.7 Å². The molecule has 0 fully saturated rings. The summed E-state index contributed by atoms with van der Waals surface area (Å²) >= 11 is 0. The second-order valence-corrected chi connectivity index (χ2v) is 18.8. The predicted molar refractivity (Wildman–Crippen MR) is 284 cm³/mol. The van der Waals surface area contributed by atoms with Gasteiger partial charge in [0.2, 0.25) is 11.6 Å². The van der Waals surface area contributed by atoms with E-state index in [1.165, 1.54) is 0 Å². The molecule has 0 saturated heterocycles. The van der Waals surface area contributed by atoms with Crippen molar-refractivity contribution in [1.82, 2.24) is 37.5 Å². The Hall–Kier alpha value is -8.39. The second kappa shape index (κ2) is 16.3. The van der Waals surface area contributed by atoms with Gasteiger partial charge in [0.15, 0.2) is 0 Å². The maximum atomic E-state index is 9.15. The number of fused-ring (bicyclic) bond motifs is 11. The molecule has 10 heteroatoms. The normalized spacial score (nSPS) is 14.1. The van der Waals surface area contributed by atoms with Crippen LogP contribution in [0.2, 0.25) is 0 Å². The van der Waals surface area contributed by atoms with Crippen molar-refractivity contribution in [3.63, 3.8) is 0 Å². The van der Waals surface area contributed by atoms with Crippen LogP contribution in [0.25, 0.3) is 112 Å². The summed E-state index contributed by atoms with van der Waals surface area (Å²) in [5.41, 5.74) is 12.1. The van der Waals surface area contributed by atoms with Gasteiger partial charge in [-0.15, -0.1) is 18.2 Å². The first-order chi connectivity index (χ1) is 38.8. The molecule has 0 aliphatic carbocycles. The molecule has 0 N–H and O–H groups in total. The van der Waals surface area contributed by atoms with Crippen molar-refractivity contribution in [2.45, 2.75) is 40.0 Å². The maximum absolute atomic E-state index is 9.15. The van der Waals surface area contributed by atoms with Crippen LogP contribution in [0, 0.1) is 32.3 Å². The Labute approximate surface area is 443 Å². The smallest absolute Gasteiger partial charge is 0.268 e. The summed E-state index contributed by atoms with van der Waals surface area (Å²) < 4.78 is 100. The fourth-order valence-corrected chi connectivity index (χ4v) is 10.1. The van der Waals surface area contributed by atoms with E-state index in [1.807, 2.05) is 84.4 Å². The predicted octanol–water partition coefficient (Wildman–Crippen LogP) is 13.4. The summed E-state index contributed by atoms with van der Waals surface area (Å²) in [6, 6.07) is 38.9. The average Bonchev–Trinajstić information content (AvgIpc) is 2.04. The molecule has 0 aliphatic heterocycles. The number of rotatable bonds is 6. The molecule has 14 aromatic rings. The van der Waals surface area contributed by atoms with Gasteiger partial charge in [-0.05, 0) is 110 Å². The van der Waals surface area contributed by atoms with Gasteiger partial charge in [0.1, 0.15) is 5.82 Å². The first-order valence-corrected chi connectivity index (χ1v) is 23.2. The van der Waals surface area contributed by atoms with E-state index in [2.05, 4.69) is 89.9 Å². The van der Waals surface area contributed by atoms with Gasteiger partial charge >= 0.3 is 0 Å². The Morgan fingerprint density at radius 2 is 1.11 bits per heavy atom. The molecule has 0 atom stereocenters. The van der Waals surface area contributed by atoms with Crippen LogP contribution in [-0.2, 0) is 26.5 Å². The molecule has 8 aromatic carbocycles. The second-order valence-electron chi connectivity index (χ2n) is 18.8. The Bertz CT molecular complexity index is 4960. The minimum Gasteiger partial charge on any atom is -0.331 e. The topological polar surface area (TPSA) is 66.2 Å². The minimum absolute atomic E-state index is 0. The Kier molecular flexibility index (Phi) is 7.72. The van der Waals surface area contributed by atoms with Crippen molar-refractivity contribution in [2.24, 2.45) is 0 Å². The average molecular weight is 1120 g/mol. The van der Waals surface area contributed by atoms with Crippen LogP contribution in [0.1, 0.15) is 51.2 Å². The van der Waals surface area contributed by atoms with Crippen molar-refractivity contribution in [3.8, 4) is 45.1 Å². The number of aryl methyl sites for hydroxylation is 2. The van der Waals surface area contributed by atoms with Gasteiger partial charge in [-0.3, -0.25) is 9.13 Å². The van der Waals surface area contributed by atoms with E-state index in [9.17, 15) is 0 Å². The van der Waals surface area contributed by atoms with Gasteiger partial charge in [0.05, 0.1) is 52.5 Å². The Balaban J connectivity index is 0.00000631. The number of hydrogen-bond acceptors (Lipinski definition) is 3. The molecule has 9 nitrogen and oxygen atoms in total. The molecule has 0 bridgehead atoms. The monoisotopic (exact) mass is 1120 g/mol. The molecule has 6 aromatic heterocycles. The van der Waals surface area contributed by atoms with Crippen LogP contribution < -0.4 is 4.57 Å². The van der Waals surface area contributed by atoms with E-state index in [4.69, 9.17) is 28.7 Å². The van der Waals surface area contributed by atoms with Crippen molar-refractivity contribution in [1.29, 1.82) is 0 Å². The summed E-state index contributed by atoms with van der Waals surface area (Å²) in [4.78, 5) is 15.6. The molecular weight excluding hydrogens is 1070 g/mol. The third-order valence-electron chi connectivity index (χ3n) is 13.5. The number of nitrogens with zero attached hydrogens (tertiary/aromatic N) is 9. The molecule has 0 spiro atoms. The van der Waals surface area contributed by atoms with Crippen LogP contribution in [0.3, 0.4) is 0 Å². The van der Waals surface area contributed by atoms with E-state index in [0.29, 0.717) is 45.3 Å². The first kappa shape index (κ1) is 34.0. The molecule has 350 valence electrons. The molecule has 72 heavy (non-hydrogen) atoms. The fraction of sp³-hybridized carbons (Fsp3) is 0.0968. The Morgan fingerprint density at radius 1 is 0.556 bits per heavy atom. The molecule has 0 unspecified atom stereocenters. The first-order valence-electron chi connectivity index (χ1n) is 28.2. The minimum atomic E-state index is -0.576. The zero-order chi connectivity index (χ0) is 56.4. The van der Waals surface area contributed by atoms with Crippen LogP contribution in [-0.4, -0.2) is 37.5 Å². The van der Waals surface area contributed by atoms with Gasteiger partial charge < -0.3 is 17.9 Å². The summed E-state index contributed by atoms with van der Waals surface area (Å²) in [5.74, 6) is 1.99. The number of hydrogen-bond donors (Lipinski definition) is 0. The SMILES string of the molecule is [2H]c1c([2H])c([2H])c(-c2cccc(-c3c([2H])c([2H])c([2H])c([2H])c3[2H])c2-[n+]2[c-]n(-c3[c-]c(-n4c5[c-]c6c(cc5n5c7cccc(C)c7nc45)n4c5cccc(C)c5nc4n6-c4cc(C(C)(C)C)ccn4)ccc3)c3ccccc32)c([2H])c1[2H].[Pt]. The van der Waals surface area contributed by atoms with Gasteiger partial charge in [-0.1, -0.05) is 154 Å². The molecular formula is C62H45N9Pt-2. The number of para-hydroxylation sites is 5. The van der Waals surface area contributed by atoms with E-state index in [-0.39, 0.29) is 54.4 Å². The van der Waals surface area contributed by atoms with Crippen LogP contribution in [0.5, 0.6) is 0 Å². The molecule has 0 saturated carbocycles. The summed E-state index contributed by atoms with van der Waals surface area (Å²) in [5, 5.41) is 0. The van der Waals surface area contributed by atoms with Crippen molar-refractivity contribution in [2.75, 3.05) is 0 Å².